The van der Waals surface area contributed by atoms with Gasteiger partial charge in [0.15, 0.2) is 6.61 Å². The molecule has 0 aliphatic heterocycles. The number of hydrogen-bond donors (Lipinski definition) is 3. The van der Waals surface area contributed by atoms with Crippen LogP contribution in [0, 0.1) is 11.8 Å². The number of alkyl halides is 2. The zero-order chi connectivity index (χ0) is 21.4. The number of halogens is 2. The summed E-state index contributed by atoms with van der Waals surface area (Å²) in [5.74, 6) is -4.98. The summed E-state index contributed by atoms with van der Waals surface area (Å²) in [7, 11) is 1.58. The van der Waals surface area contributed by atoms with Gasteiger partial charge in [-0.25, -0.2) is 8.78 Å². The normalized spacial score (nSPS) is 14.9. The average molecular weight is 410 g/mol. The minimum absolute atomic E-state index is 0.310. The van der Waals surface area contributed by atoms with Crippen LogP contribution in [0.15, 0.2) is 48.5 Å². The fourth-order valence-electron chi connectivity index (χ4n) is 3.03. The van der Waals surface area contributed by atoms with E-state index in [1.54, 1.807) is 31.4 Å². The Morgan fingerprint density at radius 2 is 1.66 bits per heavy atom. The maximum atomic E-state index is 14.6. The van der Waals surface area contributed by atoms with Gasteiger partial charge in [-0.1, -0.05) is 37.3 Å². The van der Waals surface area contributed by atoms with Crippen molar-refractivity contribution in [3.63, 3.8) is 0 Å². The first-order valence-corrected chi connectivity index (χ1v) is 9.43. The number of methoxy groups -OCH3 is 1. The maximum absolute atomic E-state index is 14.6. The summed E-state index contributed by atoms with van der Waals surface area (Å²) in [4.78, 5) is 0. The van der Waals surface area contributed by atoms with Crippen LogP contribution < -0.4 is 9.47 Å². The Bertz CT molecular complexity index is 751. The molecule has 5 nitrogen and oxygen atoms in total. The molecule has 0 aliphatic rings. The molecule has 0 aliphatic carbocycles. The second-order valence-corrected chi connectivity index (χ2v) is 7.12. The first-order valence-electron chi connectivity index (χ1n) is 9.43. The summed E-state index contributed by atoms with van der Waals surface area (Å²) in [6.45, 7) is -0.934. The molecule has 3 atom stereocenters. The number of rotatable bonds is 11. The molecule has 0 fully saturated rings. The van der Waals surface area contributed by atoms with E-state index >= 15 is 0 Å². The van der Waals surface area contributed by atoms with E-state index in [4.69, 9.17) is 14.6 Å². The van der Waals surface area contributed by atoms with Gasteiger partial charge in [0.25, 0.3) is 5.92 Å². The summed E-state index contributed by atoms with van der Waals surface area (Å²) < 4.78 is 39.8. The highest BCUT2D eigenvalue weighted by Gasteiger charge is 2.45. The molecule has 0 heterocycles. The molecule has 0 amide bonds. The van der Waals surface area contributed by atoms with Crippen LogP contribution in [0.2, 0.25) is 0 Å². The van der Waals surface area contributed by atoms with Gasteiger partial charge in [-0.3, -0.25) is 0 Å². The van der Waals surface area contributed by atoms with Gasteiger partial charge in [-0.2, -0.15) is 0 Å². The number of aliphatic hydroxyl groups excluding tert-OH is 3. The van der Waals surface area contributed by atoms with Crippen LogP contribution >= 0.6 is 0 Å². The van der Waals surface area contributed by atoms with Gasteiger partial charge < -0.3 is 24.8 Å². The fraction of sp³-hybridized carbons (Fsp3) is 0.455. The van der Waals surface area contributed by atoms with E-state index < -0.39 is 43.7 Å². The molecule has 1 unspecified atom stereocenters. The monoisotopic (exact) mass is 410 g/mol. The Labute approximate surface area is 169 Å². The molecule has 2 aromatic rings. The Morgan fingerprint density at radius 1 is 1.00 bits per heavy atom. The third-order valence-corrected chi connectivity index (χ3v) is 4.97. The molecule has 0 spiro atoms. The molecular formula is C22H28F2O5. The predicted octanol–water partition coefficient (Wildman–Crippen LogP) is 2.90. The molecule has 2 rings (SSSR count). The lowest BCUT2D eigenvalue weighted by atomic mass is 9.88. The Hall–Kier alpha value is -2.22. The highest BCUT2D eigenvalue weighted by Crippen LogP contribution is 2.32. The molecule has 0 radical (unpaired) electrons. The summed E-state index contributed by atoms with van der Waals surface area (Å²) in [5.41, 5.74) is 1.70. The first-order chi connectivity index (χ1) is 13.8. The summed E-state index contributed by atoms with van der Waals surface area (Å²) in [6, 6.07) is 14.3. The van der Waals surface area contributed by atoms with Gasteiger partial charge in [0.05, 0.1) is 25.7 Å². The minimum Gasteiger partial charge on any atom is -0.497 e. The summed E-state index contributed by atoms with van der Waals surface area (Å²) in [5, 5.41) is 28.5. The summed E-state index contributed by atoms with van der Waals surface area (Å²) in [6.07, 6.45) is -1.07. The van der Waals surface area contributed by atoms with Crippen molar-refractivity contribution in [2.75, 3.05) is 26.9 Å². The van der Waals surface area contributed by atoms with Crippen LogP contribution in [0.25, 0.3) is 0 Å². The van der Waals surface area contributed by atoms with Crippen molar-refractivity contribution in [3.05, 3.63) is 59.7 Å². The average Bonchev–Trinajstić information content (AvgIpc) is 2.73. The van der Waals surface area contributed by atoms with Crippen molar-refractivity contribution >= 4 is 0 Å². The molecule has 0 saturated heterocycles. The molecule has 160 valence electrons. The van der Waals surface area contributed by atoms with Crippen molar-refractivity contribution in [2.45, 2.75) is 25.4 Å². The van der Waals surface area contributed by atoms with E-state index in [9.17, 15) is 19.0 Å². The number of hydrogen-bond acceptors (Lipinski definition) is 5. The van der Waals surface area contributed by atoms with Crippen LogP contribution in [0.3, 0.4) is 0 Å². The van der Waals surface area contributed by atoms with E-state index in [1.807, 2.05) is 24.3 Å². The van der Waals surface area contributed by atoms with Crippen molar-refractivity contribution < 1.29 is 33.6 Å². The fourth-order valence-corrected chi connectivity index (χ4v) is 3.03. The molecule has 0 bridgehead atoms. The maximum Gasteiger partial charge on any atom is 0.288 e. The third-order valence-electron chi connectivity index (χ3n) is 4.97. The van der Waals surface area contributed by atoms with Crippen LogP contribution in [-0.4, -0.2) is 54.3 Å². The van der Waals surface area contributed by atoms with Crippen molar-refractivity contribution in [1.82, 2.24) is 0 Å². The third kappa shape index (κ3) is 6.13. The van der Waals surface area contributed by atoms with Crippen molar-refractivity contribution in [3.8, 4) is 11.5 Å². The smallest absolute Gasteiger partial charge is 0.288 e. The number of benzene rings is 2. The highest BCUT2D eigenvalue weighted by atomic mass is 19.3. The van der Waals surface area contributed by atoms with Crippen LogP contribution in [0.5, 0.6) is 11.5 Å². The molecular weight excluding hydrogens is 382 g/mol. The van der Waals surface area contributed by atoms with E-state index in [2.05, 4.69) is 0 Å². The Balaban J connectivity index is 2.11. The second-order valence-electron chi connectivity index (χ2n) is 7.12. The van der Waals surface area contributed by atoms with Crippen LogP contribution in [0.1, 0.15) is 18.1 Å². The van der Waals surface area contributed by atoms with Gasteiger partial charge in [-0.05, 0) is 29.3 Å². The summed E-state index contributed by atoms with van der Waals surface area (Å²) >= 11 is 0. The predicted molar refractivity (Wildman–Crippen MR) is 106 cm³/mol. The molecule has 3 N–H and O–H groups in total. The number of aliphatic hydroxyl groups is 3. The van der Waals surface area contributed by atoms with Crippen molar-refractivity contribution in [2.24, 2.45) is 11.8 Å². The molecule has 29 heavy (non-hydrogen) atoms. The molecule has 0 saturated carbocycles. The van der Waals surface area contributed by atoms with Crippen LogP contribution in [0.4, 0.5) is 8.78 Å². The quantitative estimate of drug-likeness (QED) is 0.531. The topological polar surface area (TPSA) is 79.2 Å². The Morgan fingerprint density at radius 3 is 2.24 bits per heavy atom. The number of ether oxygens (including phenoxy) is 2. The molecule has 7 heteroatoms. The molecule has 0 aromatic heterocycles. The van der Waals surface area contributed by atoms with E-state index in [0.717, 1.165) is 16.9 Å². The van der Waals surface area contributed by atoms with Gasteiger partial charge in [0.2, 0.25) is 0 Å². The molecule has 2 aromatic carbocycles. The SMILES string of the molecule is COc1ccc(Cc2ccccc2OCC(F)(F)[C@H](CO)[C@@H](O)C(C)CO)cc1. The van der Waals surface area contributed by atoms with Gasteiger partial charge in [0, 0.05) is 18.9 Å². The van der Waals surface area contributed by atoms with Crippen LogP contribution in [-0.2, 0) is 6.42 Å². The lowest BCUT2D eigenvalue weighted by molar-refractivity contribution is -0.152. The Kier molecular flexibility index (Phi) is 8.37. The zero-order valence-corrected chi connectivity index (χ0v) is 16.6. The van der Waals surface area contributed by atoms with Gasteiger partial charge in [-0.15, -0.1) is 0 Å². The number of para-hydroxylation sites is 1. The van der Waals surface area contributed by atoms with E-state index in [0.29, 0.717) is 12.2 Å². The largest absolute Gasteiger partial charge is 0.497 e. The second kappa shape index (κ2) is 10.5. The van der Waals surface area contributed by atoms with Gasteiger partial charge >= 0.3 is 0 Å². The first kappa shape index (κ1) is 23.1. The zero-order valence-electron chi connectivity index (χ0n) is 16.6. The standard InChI is InChI=1S/C22H28F2O5/c1-15(12-25)21(27)19(13-26)22(23,24)14-29-20-6-4-3-5-17(20)11-16-7-9-18(28-2)10-8-16/h3-10,15,19,21,25-27H,11-14H2,1-2H3/t15?,19-,21+/m1/s1. The minimum atomic E-state index is -3.48. The van der Waals surface area contributed by atoms with E-state index in [-0.39, 0.29) is 0 Å². The van der Waals surface area contributed by atoms with Gasteiger partial charge in [0.1, 0.15) is 11.5 Å². The van der Waals surface area contributed by atoms with E-state index in [1.165, 1.54) is 6.92 Å². The lowest BCUT2D eigenvalue weighted by Crippen LogP contribution is -2.47. The highest BCUT2D eigenvalue weighted by molar-refractivity contribution is 5.38. The van der Waals surface area contributed by atoms with Crippen molar-refractivity contribution in [1.29, 1.82) is 0 Å². The lowest BCUT2D eigenvalue weighted by Gasteiger charge is -2.31.